The third-order valence-electron chi connectivity index (χ3n) is 3.05. The van der Waals surface area contributed by atoms with Gasteiger partial charge in [0.05, 0.1) is 5.52 Å². The van der Waals surface area contributed by atoms with E-state index in [1.54, 1.807) is 11.5 Å². The van der Waals surface area contributed by atoms with Crippen molar-refractivity contribution < 1.29 is 4.79 Å². The van der Waals surface area contributed by atoms with Gasteiger partial charge in [-0.05, 0) is 25.0 Å². The van der Waals surface area contributed by atoms with Crippen molar-refractivity contribution in [3.63, 3.8) is 0 Å². The Morgan fingerprint density at radius 1 is 1.39 bits per heavy atom. The SMILES string of the molecule is C=C(C)C[C@H](N)c1cn(C(C)=O)c2ccccc12. The molecule has 2 aromatic rings. The zero-order valence-corrected chi connectivity index (χ0v) is 10.8. The zero-order valence-electron chi connectivity index (χ0n) is 10.8. The Morgan fingerprint density at radius 3 is 2.67 bits per heavy atom. The van der Waals surface area contributed by atoms with Gasteiger partial charge in [0, 0.05) is 24.5 Å². The van der Waals surface area contributed by atoms with Gasteiger partial charge in [-0.1, -0.05) is 23.8 Å². The Bertz CT molecular complexity index is 610. The van der Waals surface area contributed by atoms with Gasteiger partial charge in [0.25, 0.3) is 0 Å². The van der Waals surface area contributed by atoms with Crippen LogP contribution in [0.3, 0.4) is 0 Å². The molecule has 1 atom stereocenters. The molecule has 0 spiro atoms. The van der Waals surface area contributed by atoms with Gasteiger partial charge in [0.2, 0.25) is 5.91 Å². The van der Waals surface area contributed by atoms with Crippen molar-refractivity contribution in [1.82, 2.24) is 4.57 Å². The van der Waals surface area contributed by atoms with Crippen LogP contribution in [-0.4, -0.2) is 10.5 Å². The summed E-state index contributed by atoms with van der Waals surface area (Å²) >= 11 is 0. The van der Waals surface area contributed by atoms with Crippen molar-refractivity contribution in [2.24, 2.45) is 5.73 Å². The molecule has 0 bridgehead atoms. The minimum Gasteiger partial charge on any atom is -0.324 e. The third-order valence-corrected chi connectivity index (χ3v) is 3.05. The van der Waals surface area contributed by atoms with Crippen LogP contribution in [0.5, 0.6) is 0 Å². The van der Waals surface area contributed by atoms with Crippen LogP contribution in [-0.2, 0) is 0 Å². The van der Waals surface area contributed by atoms with Crippen molar-refractivity contribution in [1.29, 1.82) is 0 Å². The lowest BCUT2D eigenvalue weighted by molar-refractivity contribution is 0.0941. The molecule has 0 unspecified atom stereocenters. The van der Waals surface area contributed by atoms with E-state index in [2.05, 4.69) is 6.58 Å². The van der Waals surface area contributed by atoms with Crippen LogP contribution in [0.25, 0.3) is 10.9 Å². The molecule has 1 heterocycles. The summed E-state index contributed by atoms with van der Waals surface area (Å²) in [5.74, 6) is -0.0000231. The molecule has 18 heavy (non-hydrogen) atoms. The van der Waals surface area contributed by atoms with E-state index in [1.165, 1.54) is 0 Å². The number of nitrogens with zero attached hydrogens (tertiary/aromatic N) is 1. The van der Waals surface area contributed by atoms with Gasteiger partial charge in [0.15, 0.2) is 0 Å². The Morgan fingerprint density at radius 2 is 2.06 bits per heavy atom. The number of fused-ring (bicyclic) bond motifs is 1. The number of para-hydroxylation sites is 1. The first-order valence-corrected chi connectivity index (χ1v) is 6.01. The highest BCUT2D eigenvalue weighted by Gasteiger charge is 2.15. The highest BCUT2D eigenvalue weighted by atomic mass is 16.1. The van der Waals surface area contributed by atoms with Crippen LogP contribution in [0.2, 0.25) is 0 Å². The minimum atomic E-state index is -0.118. The Kier molecular flexibility index (Phi) is 3.34. The van der Waals surface area contributed by atoms with Gasteiger partial charge >= 0.3 is 0 Å². The van der Waals surface area contributed by atoms with Crippen LogP contribution >= 0.6 is 0 Å². The molecular formula is C15H18N2O. The number of carbonyl (C=O) groups is 1. The molecule has 3 nitrogen and oxygen atoms in total. The number of aromatic nitrogens is 1. The lowest BCUT2D eigenvalue weighted by atomic mass is 10.0. The fourth-order valence-corrected chi connectivity index (χ4v) is 2.25. The highest BCUT2D eigenvalue weighted by Crippen LogP contribution is 2.28. The van der Waals surface area contributed by atoms with Gasteiger partial charge in [-0.15, -0.1) is 6.58 Å². The van der Waals surface area contributed by atoms with Crippen LogP contribution in [0.4, 0.5) is 0 Å². The minimum absolute atomic E-state index is 0.0000231. The molecule has 94 valence electrons. The molecule has 0 fully saturated rings. The van der Waals surface area contributed by atoms with Crippen molar-refractivity contribution in [2.45, 2.75) is 26.3 Å². The van der Waals surface area contributed by atoms with Gasteiger partial charge in [0.1, 0.15) is 0 Å². The van der Waals surface area contributed by atoms with Crippen LogP contribution < -0.4 is 5.73 Å². The predicted molar refractivity (Wildman–Crippen MR) is 74.6 cm³/mol. The molecule has 0 saturated carbocycles. The summed E-state index contributed by atoms with van der Waals surface area (Å²) in [5.41, 5.74) is 9.15. The van der Waals surface area contributed by atoms with E-state index < -0.39 is 0 Å². The molecule has 0 aliphatic rings. The largest absolute Gasteiger partial charge is 0.324 e. The maximum absolute atomic E-state index is 11.6. The van der Waals surface area contributed by atoms with E-state index in [0.29, 0.717) is 0 Å². The topological polar surface area (TPSA) is 48.0 Å². The number of carbonyl (C=O) groups excluding carboxylic acids is 1. The van der Waals surface area contributed by atoms with E-state index in [4.69, 9.17) is 5.73 Å². The zero-order chi connectivity index (χ0) is 13.3. The molecule has 0 aliphatic heterocycles. The molecule has 1 aromatic heterocycles. The lowest BCUT2D eigenvalue weighted by Crippen LogP contribution is -2.10. The Labute approximate surface area is 107 Å². The van der Waals surface area contributed by atoms with E-state index in [9.17, 15) is 4.79 Å². The number of benzene rings is 1. The van der Waals surface area contributed by atoms with E-state index in [-0.39, 0.29) is 11.9 Å². The smallest absolute Gasteiger partial charge is 0.227 e. The second-order valence-electron chi connectivity index (χ2n) is 4.76. The summed E-state index contributed by atoms with van der Waals surface area (Å²) in [6, 6.07) is 7.71. The summed E-state index contributed by atoms with van der Waals surface area (Å²) in [6.45, 7) is 7.41. The molecule has 2 rings (SSSR count). The predicted octanol–water partition coefficient (Wildman–Crippen LogP) is 3.27. The average Bonchev–Trinajstić information content (AvgIpc) is 2.67. The van der Waals surface area contributed by atoms with Gasteiger partial charge < -0.3 is 5.73 Å². The lowest BCUT2D eigenvalue weighted by Gasteiger charge is -2.10. The van der Waals surface area contributed by atoms with E-state index >= 15 is 0 Å². The summed E-state index contributed by atoms with van der Waals surface area (Å²) < 4.78 is 1.66. The number of hydrogen-bond donors (Lipinski definition) is 1. The van der Waals surface area contributed by atoms with Crippen LogP contribution in [0, 0.1) is 0 Å². The van der Waals surface area contributed by atoms with E-state index in [0.717, 1.165) is 28.5 Å². The first kappa shape index (κ1) is 12.6. The fourth-order valence-electron chi connectivity index (χ4n) is 2.25. The second kappa shape index (κ2) is 4.78. The molecule has 0 radical (unpaired) electrons. The Hall–Kier alpha value is -1.87. The van der Waals surface area contributed by atoms with Gasteiger partial charge in [-0.3, -0.25) is 9.36 Å². The first-order valence-electron chi connectivity index (χ1n) is 6.01. The van der Waals surface area contributed by atoms with Crippen molar-refractivity contribution in [3.8, 4) is 0 Å². The Balaban J connectivity index is 2.57. The number of nitrogens with two attached hydrogens (primary N) is 1. The molecule has 0 amide bonds. The van der Waals surface area contributed by atoms with Gasteiger partial charge in [-0.2, -0.15) is 0 Å². The van der Waals surface area contributed by atoms with Crippen LogP contribution in [0.1, 0.15) is 36.7 Å². The second-order valence-corrected chi connectivity index (χ2v) is 4.76. The molecule has 3 heteroatoms. The number of rotatable bonds is 3. The summed E-state index contributed by atoms with van der Waals surface area (Å²) in [7, 11) is 0. The molecular weight excluding hydrogens is 224 g/mol. The normalized spacial score (nSPS) is 12.6. The molecule has 1 aromatic carbocycles. The van der Waals surface area contributed by atoms with Crippen LogP contribution in [0.15, 0.2) is 42.6 Å². The first-order chi connectivity index (χ1) is 8.50. The maximum Gasteiger partial charge on any atom is 0.227 e. The van der Waals surface area contributed by atoms with Gasteiger partial charge in [-0.25, -0.2) is 0 Å². The van der Waals surface area contributed by atoms with Crippen molar-refractivity contribution >= 4 is 16.8 Å². The monoisotopic (exact) mass is 242 g/mol. The summed E-state index contributed by atoms with van der Waals surface area (Å²) in [6.07, 6.45) is 2.58. The molecule has 0 saturated heterocycles. The highest BCUT2D eigenvalue weighted by molar-refractivity contribution is 5.93. The average molecular weight is 242 g/mol. The molecule has 0 aliphatic carbocycles. The number of hydrogen-bond acceptors (Lipinski definition) is 2. The quantitative estimate of drug-likeness (QED) is 0.840. The van der Waals surface area contributed by atoms with Crippen molar-refractivity contribution in [2.75, 3.05) is 0 Å². The summed E-state index contributed by atoms with van der Waals surface area (Å²) in [5, 5.41) is 1.04. The van der Waals surface area contributed by atoms with E-state index in [1.807, 2.05) is 37.4 Å². The third kappa shape index (κ3) is 2.22. The standard InChI is InChI=1S/C15H18N2O/c1-10(2)8-14(16)13-9-17(11(3)18)15-7-5-4-6-12(13)15/h4-7,9,14H,1,8,16H2,2-3H3/t14-/m0/s1. The fraction of sp³-hybridized carbons (Fsp3) is 0.267. The van der Waals surface area contributed by atoms with Crippen molar-refractivity contribution in [3.05, 3.63) is 48.2 Å². The maximum atomic E-state index is 11.6. The summed E-state index contributed by atoms with van der Waals surface area (Å²) in [4.78, 5) is 11.6. The molecule has 2 N–H and O–H groups in total.